The molecule has 7 heteroatoms. The molecule has 2 saturated heterocycles. The third-order valence-electron chi connectivity index (χ3n) is 6.09. The SMILES string of the molecule is CC(C)(C)OC(=O)NC1CCN(CCC2CCN(c3ccc(N)cc3F)CC2)CC1. The molecule has 0 aromatic heterocycles. The van der Waals surface area contributed by atoms with Crippen LogP contribution >= 0.6 is 0 Å². The number of piperidine rings is 2. The molecule has 1 amide bonds. The van der Waals surface area contributed by atoms with Crippen LogP contribution in [0, 0.1) is 11.7 Å². The van der Waals surface area contributed by atoms with Crippen LogP contribution in [0.5, 0.6) is 0 Å². The van der Waals surface area contributed by atoms with Gasteiger partial charge in [-0.25, -0.2) is 9.18 Å². The maximum atomic E-state index is 14.2. The first-order valence-electron chi connectivity index (χ1n) is 11.2. The predicted octanol–water partition coefficient (Wildman–Crippen LogP) is 4.00. The molecule has 2 aliphatic rings. The summed E-state index contributed by atoms with van der Waals surface area (Å²) in [6, 6.07) is 5.17. The Balaban J connectivity index is 1.33. The number of carbonyl (C=O) groups is 1. The maximum absolute atomic E-state index is 14.2. The average Bonchev–Trinajstić information content (AvgIpc) is 2.66. The number of nitrogens with two attached hydrogens (primary N) is 1. The average molecular weight is 421 g/mol. The van der Waals surface area contributed by atoms with Gasteiger partial charge in [0.25, 0.3) is 0 Å². The number of hydrogen-bond acceptors (Lipinski definition) is 5. The molecular weight excluding hydrogens is 383 g/mol. The molecular formula is C23H37FN4O2. The summed E-state index contributed by atoms with van der Waals surface area (Å²) in [7, 11) is 0. The highest BCUT2D eigenvalue weighted by Gasteiger charge is 2.25. The number of amides is 1. The van der Waals surface area contributed by atoms with Crippen molar-refractivity contribution in [3.8, 4) is 0 Å². The molecule has 168 valence electrons. The fraction of sp³-hybridized carbons (Fsp3) is 0.696. The summed E-state index contributed by atoms with van der Waals surface area (Å²) in [5.74, 6) is 0.465. The predicted molar refractivity (Wildman–Crippen MR) is 119 cm³/mol. The summed E-state index contributed by atoms with van der Waals surface area (Å²) in [4.78, 5) is 16.6. The molecule has 0 aliphatic carbocycles. The number of nitrogen functional groups attached to an aromatic ring is 1. The number of benzene rings is 1. The van der Waals surface area contributed by atoms with Gasteiger partial charge in [0, 0.05) is 37.9 Å². The van der Waals surface area contributed by atoms with Crippen molar-refractivity contribution >= 4 is 17.5 Å². The molecule has 1 aromatic rings. The van der Waals surface area contributed by atoms with Gasteiger partial charge in [0.15, 0.2) is 0 Å². The monoisotopic (exact) mass is 420 g/mol. The zero-order valence-corrected chi connectivity index (χ0v) is 18.6. The minimum Gasteiger partial charge on any atom is -0.444 e. The Kier molecular flexibility index (Phi) is 7.45. The minimum atomic E-state index is -0.458. The van der Waals surface area contributed by atoms with E-state index in [9.17, 15) is 9.18 Å². The second-order valence-corrected chi connectivity index (χ2v) is 9.69. The van der Waals surface area contributed by atoms with E-state index < -0.39 is 5.60 Å². The van der Waals surface area contributed by atoms with Crippen LogP contribution in [-0.4, -0.2) is 55.4 Å². The van der Waals surface area contributed by atoms with E-state index in [0.29, 0.717) is 17.3 Å². The maximum Gasteiger partial charge on any atom is 0.407 e. The molecule has 3 rings (SSSR count). The lowest BCUT2D eigenvalue weighted by atomic mass is 9.92. The Morgan fingerprint density at radius 2 is 1.83 bits per heavy atom. The van der Waals surface area contributed by atoms with Crippen LogP contribution in [0.25, 0.3) is 0 Å². The second kappa shape index (κ2) is 9.86. The van der Waals surface area contributed by atoms with Gasteiger partial charge >= 0.3 is 6.09 Å². The summed E-state index contributed by atoms with van der Waals surface area (Å²) >= 11 is 0. The number of nitrogens with zero attached hydrogens (tertiary/aromatic N) is 2. The number of ether oxygens (including phenoxy) is 1. The summed E-state index contributed by atoms with van der Waals surface area (Å²) in [6.45, 7) is 10.6. The Morgan fingerprint density at radius 3 is 2.43 bits per heavy atom. The quantitative estimate of drug-likeness (QED) is 0.705. The van der Waals surface area contributed by atoms with E-state index in [-0.39, 0.29) is 18.0 Å². The van der Waals surface area contributed by atoms with Gasteiger partial charge < -0.3 is 25.6 Å². The van der Waals surface area contributed by atoms with Gasteiger partial charge in [0.05, 0.1) is 5.69 Å². The molecule has 2 heterocycles. The zero-order chi connectivity index (χ0) is 21.7. The minimum absolute atomic E-state index is 0.203. The van der Waals surface area contributed by atoms with Crippen molar-refractivity contribution in [2.24, 2.45) is 5.92 Å². The standard InChI is InChI=1S/C23H37FN4O2/c1-23(2,3)30-22(29)26-19-9-12-27(13-10-19)11-6-17-7-14-28(15-8-17)21-5-4-18(25)16-20(21)24/h4-5,16-17,19H,6-15,25H2,1-3H3,(H,26,29). The summed E-state index contributed by atoms with van der Waals surface area (Å²) in [6.07, 6.45) is 5.00. The van der Waals surface area contributed by atoms with Crippen LogP contribution in [0.15, 0.2) is 18.2 Å². The Bertz CT molecular complexity index is 706. The Morgan fingerprint density at radius 1 is 1.17 bits per heavy atom. The fourth-order valence-electron chi connectivity index (χ4n) is 4.38. The van der Waals surface area contributed by atoms with Crippen molar-refractivity contribution in [1.82, 2.24) is 10.2 Å². The number of anilines is 2. The van der Waals surface area contributed by atoms with Gasteiger partial charge in [-0.2, -0.15) is 0 Å². The highest BCUT2D eigenvalue weighted by atomic mass is 19.1. The van der Waals surface area contributed by atoms with Crippen LogP contribution in [0.1, 0.15) is 52.9 Å². The van der Waals surface area contributed by atoms with Crippen LogP contribution in [0.2, 0.25) is 0 Å². The van der Waals surface area contributed by atoms with E-state index in [0.717, 1.165) is 58.4 Å². The lowest BCUT2D eigenvalue weighted by molar-refractivity contribution is 0.0478. The molecule has 0 unspecified atom stereocenters. The third-order valence-corrected chi connectivity index (χ3v) is 6.09. The molecule has 3 N–H and O–H groups in total. The number of hydrogen-bond donors (Lipinski definition) is 2. The van der Waals surface area contributed by atoms with Gasteiger partial charge in [-0.1, -0.05) is 0 Å². The van der Waals surface area contributed by atoms with Crippen LogP contribution < -0.4 is 16.0 Å². The first kappa shape index (κ1) is 22.7. The molecule has 0 radical (unpaired) electrons. The van der Waals surface area contributed by atoms with Gasteiger partial charge in [-0.3, -0.25) is 0 Å². The second-order valence-electron chi connectivity index (χ2n) is 9.69. The molecule has 0 spiro atoms. The molecule has 2 aliphatic heterocycles. The van der Waals surface area contributed by atoms with E-state index in [1.54, 1.807) is 12.1 Å². The van der Waals surface area contributed by atoms with Crippen molar-refractivity contribution in [2.75, 3.05) is 43.4 Å². The number of likely N-dealkylation sites (tertiary alicyclic amines) is 1. The van der Waals surface area contributed by atoms with Crippen molar-refractivity contribution < 1.29 is 13.9 Å². The van der Waals surface area contributed by atoms with Crippen molar-refractivity contribution in [3.05, 3.63) is 24.0 Å². The van der Waals surface area contributed by atoms with Crippen molar-refractivity contribution in [3.63, 3.8) is 0 Å². The molecule has 0 atom stereocenters. The highest BCUT2D eigenvalue weighted by molar-refractivity contribution is 5.68. The zero-order valence-electron chi connectivity index (χ0n) is 18.6. The van der Waals surface area contributed by atoms with Gasteiger partial charge in [-0.15, -0.1) is 0 Å². The summed E-state index contributed by atoms with van der Waals surface area (Å²) < 4.78 is 19.5. The summed E-state index contributed by atoms with van der Waals surface area (Å²) in [5.41, 5.74) is 6.34. The normalized spacial score (nSPS) is 19.7. The lowest BCUT2D eigenvalue weighted by Gasteiger charge is -2.36. The topological polar surface area (TPSA) is 70.8 Å². The van der Waals surface area contributed by atoms with Crippen molar-refractivity contribution in [1.29, 1.82) is 0 Å². The largest absolute Gasteiger partial charge is 0.444 e. The van der Waals surface area contributed by atoms with Gasteiger partial charge in [0.2, 0.25) is 0 Å². The van der Waals surface area contributed by atoms with Crippen LogP contribution in [-0.2, 0) is 4.74 Å². The van der Waals surface area contributed by atoms with E-state index in [2.05, 4.69) is 15.1 Å². The van der Waals surface area contributed by atoms with Crippen molar-refractivity contribution in [2.45, 2.75) is 64.5 Å². The summed E-state index contributed by atoms with van der Waals surface area (Å²) in [5, 5.41) is 3.00. The molecule has 1 aromatic carbocycles. The molecule has 30 heavy (non-hydrogen) atoms. The first-order valence-corrected chi connectivity index (χ1v) is 11.2. The molecule has 2 fully saturated rings. The Hall–Kier alpha value is -2.02. The van der Waals surface area contributed by atoms with Crippen LogP contribution in [0.4, 0.5) is 20.6 Å². The van der Waals surface area contributed by atoms with E-state index in [1.165, 1.54) is 12.5 Å². The van der Waals surface area contributed by atoms with E-state index in [1.807, 2.05) is 20.8 Å². The highest BCUT2D eigenvalue weighted by Crippen LogP contribution is 2.28. The number of carbonyl (C=O) groups excluding carboxylic acids is 1. The van der Waals surface area contributed by atoms with E-state index in [4.69, 9.17) is 10.5 Å². The van der Waals surface area contributed by atoms with E-state index >= 15 is 0 Å². The molecule has 0 saturated carbocycles. The van der Waals surface area contributed by atoms with Crippen LogP contribution in [0.3, 0.4) is 0 Å². The fourth-order valence-corrected chi connectivity index (χ4v) is 4.38. The number of alkyl carbamates (subject to hydrolysis) is 1. The molecule has 6 nitrogen and oxygen atoms in total. The first-order chi connectivity index (χ1) is 14.2. The van der Waals surface area contributed by atoms with Gasteiger partial charge in [-0.05, 0) is 83.5 Å². The smallest absolute Gasteiger partial charge is 0.407 e. The number of rotatable bonds is 5. The number of nitrogens with one attached hydrogen (secondary N) is 1. The lowest BCUT2D eigenvalue weighted by Crippen LogP contribution is -2.46. The third kappa shape index (κ3) is 6.76. The Labute approximate surface area is 179 Å². The van der Waals surface area contributed by atoms with Gasteiger partial charge in [0.1, 0.15) is 11.4 Å². The number of halogens is 1. The molecule has 0 bridgehead atoms.